The topological polar surface area (TPSA) is 145 Å². The van der Waals surface area contributed by atoms with Crippen LogP contribution < -0.4 is 10.6 Å². The highest BCUT2D eigenvalue weighted by Crippen LogP contribution is 2.39. The minimum Gasteiger partial charge on any atom is -0.355 e. The molecule has 4 aliphatic heterocycles. The molecule has 2 aromatic heterocycles. The van der Waals surface area contributed by atoms with Crippen LogP contribution in [0.3, 0.4) is 0 Å². The Morgan fingerprint density at radius 3 is 2.53 bits per heavy atom. The van der Waals surface area contributed by atoms with Gasteiger partial charge in [0.25, 0.3) is 5.91 Å². The summed E-state index contributed by atoms with van der Waals surface area (Å²) in [6.07, 6.45) is 0.533. The quantitative estimate of drug-likeness (QED) is 0.242. The van der Waals surface area contributed by atoms with E-state index in [2.05, 4.69) is 44.5 Å². The molecule has 0 aliphatic carbocycles. The molecule has 4 aliphatic rings. The van der Waals surface area contributed by atoms with E-state index in [0.717, 1.165) is 46.3 Å². The summed E-state index contributed by atoms with van der Waals surface area (Å²) in [5.41, 5.74) is 5.32. The van der Waals surface area contributed by atoms with E-state index in [1.54, 1.807) is 17.4 Å². The molecule has 55 heavy (non-hydrogen) atoms. The number of thiophene rings is 1. The number of aliphatic imine (C=N–C) groups is 1. The third-order valence-electron chi connectivity index (χ3n) is 11.0. The molecule has 2 aromatic carbocycles. The predicted molar refractivity (Wildman–Crippen MR) is 205 cm³/mol. The van der Waals surface area contributed by atoms with Crippen molar-refractivity contribution in [2.45, 2.75) is 65.2 Å². The minimum absolute atomic E-state index is 0.110. The number of rotatable bonds is 9. The number of hydrogen-bond acceptors (Lipinski definition) is 10. The third kappa shape index (κ3) is 7.21. The van der Waals surface area contributed by atoms with Crippen LogP contribution in [0.1, 0.15) is 80.0 Å². The van der Waals surface area contributed by atoms with Crippen molar-refractivity contribution < 1.29 is 23.6 Å². The molecule has 0 saturated carbocycles. The van der Waals surface area contributed by atoms with E-state index in [0.29, 0.717) is 54.7 Å². The Hall–Kier alpha value is -4.83. The predicted octanol–water partition coefficient (Wildman–Crippen LogP) is 4.02. The maximum atomic E-state index is 15.3. The Morgan fingerprint density at radius 2 is 1.78 bits per heavy atom. The van der Waals surface area contributed by atoms with Gasteiger partial charge in [-0.1, -0.05) is 23.7 Å². The zero-order chi connectivity index (χ0) is 38.5. The van der Waals surface area contributed by atoms with Crippen LogP contribution in [-0.2, 0) is 27.5 Å². The largest absolute Gasteiger partial charge is 0.355 e. The molecule has 8 rings (SSSR count). The second-order valence-electron chi connectivity index (χ2n) is 14.6. The number of carbonyl (C=O) groups excluding carboxylic acids is 4. The number of aryl methyl sites for hydroxylation is 2. The number of piperazine rings is 1. The first kappa shape index (κ1) is 37.1. The fraction of sp³-hybridized carbons (Fsp3) is 0.410. The van der Waals surface area contributed by atoms with Crippen molar-refractivity contribution in [1.29, 1.82) is 0 Å². The highest BCUT2D eigenvalue weighted by molar-refractivity contribution is 7.15. The van der Waals surface area contributed by atoms with E-state index in [1.807, 2.05) is 35.8 Å². The van der Waals surface area contributed by atoms with Crippen LogP contribution >= 0.6 is 22.9 Å². The van der Waals surface area contributed by atoms with Crippen molar-refractivity contribution in [3.05, 3.63) is 97.1 Å². The van der Waals surface area contributed by atoms with Gasteiger partial charge in [0.15, 0.2) is 5.82 Å². The number of nitrogens with zero attached hydrogens (tertiary/aromatic N) is 7. The molecule has 0 spiro atoms. The van der Waals surface area contributed by atoms with Gasteiger partial charge in [-0.3, -0.25) is 43.9 Å². The first-order chi connectivity index (χ1) is 26.4. The molecule has 4 amide bonds. The second kappa shape index (κ2) is 15.0. The molecule has 16 heteroatoms. The van der Waals surface area contributed by atoms with Gasteiger partial charge in [0.2, 0.25) is 17.7 Å². The second-order valence-corrected chi connectivity index (χ2v) is 16.2. The number of aromatic nitrogens is 3. The maximum Gasteiger partial charge on any atom is 0.255 e. The van der Waals surface area contributed by atoms with Crippen molar-refractivity contribution >= 4 is 52.3 Å². The maximum absolute atomic E-state index is 15.3. The molecule has 4 aromatic rings. The molecular formula is C39H41ClFN9O4S. The standard InChI is InChI=1S/C39H41ClFN9O4S/c1-21-22(2)55-39-34(21)35(24-4-6-27(40)7-5-24)43-30(36-46-45-23(3)50(36)39)18-33(52)42-10-11-47-12-14-48(15-13-47)19-26-16-25-20-49(38(54)28(25)17-29(26)41)31-8-9-32(51)44-37(31)53/h4-7,16-17,30-31H,8-15,18-20H2,1-3H3,(H,42,52)(H,44,51,53)/t30-,31?/m0/s1. The lowest BCUT2D eigenvalue weighted by Gasteiger charge is -2.34. The SMILES string of the molecule is Cc1sc2c(c1C)C(c1ccc(Cl)cc1)=N[C@@H](CC(=O)NCCN1CCN(Cc3cc4c(cc3F)C(=O)N(C3CCC(=O)NC3=O)C4)CC1)c1nnc(C)n1-2. The minimum atomic E-state index is -0.741. The molecule has 0 radical (unpaired) electrons. The zero-order valence-electron chi connectivity index (χ0n) is 30.8. The van der Waals surface area contributed by atoms with Gasteiger partial charge < -0.3 is 10.2 Å². The lowest BCUT2D eigenvalue weighted by molar-refractivity contribution is -0.137. The summed E-state index contributed by atoms with van der Waals surface area (Å²) in [5, 5.41) is 15.9. The van der Waals surface area contributed by atoms with Crippen LogP contribution in [-0.4, -0.2) is 104 Å². The first-order valence-electron chi connectivity index (χ1n) is 18.5. The molecule has 0 bridgehead atoms. The Kier molecular flexibility index (Phi) is 10.1. The Balaban J connectivity index is 0.865. The number of amides is 4. The molecule has 286 valence electrons. The Labute approximate surface area is 326 Å². The van der Waals surface area contributed by atoms with E-state index in [9.17, 15) is 19.2 Å². The van der Waals surface area contributed by atoms with E-state index >= 15 is 4.39 Å². The first-order valence-corrected chi connectivity index (χ1v) is 19.7. The van der Waals surface area contributed by atoms with Gasteiger partial charge in [0.1, 0.15) is 28.7 Å². The monoisotopic (exact) mass is 785 g/mol. The number of carbonyl (C=O) groups is 4. The molecule has 2 fully saturated rings. The van der Waals surface area contributed by atoms with Crippen LogP contribution in [0, 0.1) is 26.6 Å². The van der Waals surface area contributed by atoms with E-state index < -0.39 is 23.8 Å². The number of benzene rings is 2. The average molecular weight is 786 g/mol. The summed E-state index contributed by atoms with van der Waals surface area (Å²) < 4.78 is 17.3. The Morgan fingerprint density at radius 1 is 1.04 bits per heavy atom. The highest BCUT2D eigenvalue weighted by Gasteiger charge is 2.40. The van der Waals surface area contributed by atoms with Gasteiger partial charge in [0, 0.05) is 90.9 Å². The van der Waals surface area contributed by atoms with Gasteiger partial charge in [-0.05, 0) is 62.6 Å². The van der Waals surface area contributed by atoms with Gasteiger partial charge in [0.05, 0.1) is 12.1 Å². The third-order valence-corrected chi connectivity index (χ3v) is 12.5. The summed E-state index contributed by atoms with van der Waals surface area (Å²) in [4.78, 5) is 62.8. The van der Waals surface area contributed by atoms with Crippen LogP contribution in [0.2, 0.25) is 5.02 Å². The molecule has 1 unspecified atom stereocenters. The van der Waals surface area contributed by atoms with Crippen LogP contribution in [0.5, 0.6) is 0 Å². The number of halogens is 2. The summed E-state index contributed by atoms with van der Waals surface area (Å²) in [5.74, 6) is -0.436. The van der Waals surface area contributed by atoms with E-state index in [-0.39, 0.29) is 49.1 Å². The van der Waals surface area contributed by atoms with Gasteiger partial charge in [-0.25, -0.2) is 4.39 Å². The summed E-state index contributed by atoms with van der Waals surface area (Å²) >= 11 is 7.90. The number of hydrogen-bond donors (Lipinski definition) is 2. The molecule has 2 saturated heterocycles. The van der Waals surface area contributed by atoms with Gasteiger partial charge in [-0.15, -0.1) is 21.5 Å². The van der Waals surface area contributed by atoms with Crippen LogP contribution in [0.4, 0.5) is 4.39 Å². The van der Waals surface area contributed by atoms with Crippen molar-refractivity contribution in [1.82, 2.24) is 40.1 Å². The van der Waals surface area contributed by atoms with E-state index in [4.69, 9.17) is 16.6 Å². The van der Waals surface area contributed by atoms with Crippen molar-refractivity contribution in [3.63, 3.8) is 0 Å². The van der Waals surface area contributed by atoms with Crippen molar-refractivity contribution in [2.24, 2.45) is 4.99 Å². The lowest BCUT2D eigenvalue weighted by atomic mass is 9.99. The normalized spacial score (nSPS) is 20.1. The fourth-order valence-electron chi connectivity index (χ4n) is 7.91. The molecule has 2 N–H and O–H groups in total. The summed E-state index contributed by atoms with van der Waals surface area (Å²) in [6, 6.07) is 9.33. The highest BCUT2D eigenvalue weighted by atomic mass is 35.5. The summed E-state index contributed by atoms with van der Waals surface area (Å²) in [6.45, 7) is 10.8. The summed E-state index contributed by atoms with van der Waals surface area (Å²) in [7, 11) is 0. The number of imide groups is 1. The lowest BCUT2D eigenvalue weighted by Crippen LogP contribution is -2.52. The van der Waals surface area contributed by atoms with Gasteiger partial charge in [-0.2, -0.15) is 0 Å². The van der Waals surface area contributed by atoms with Crippen molar-refractivity contribution in [2.75, 3.05) is 39.3 Å². The number of fused-ring (bicyclic) bond motifs is 4. The number of piperidine rings is 1. The molecular weight excluding hydrogens is 745 g/mol. The average Bonchev–Trinajstić information content (AvgIpc) is 3.76. The molecule has 6 heterocycles. The Bertz CT molecular complexity index is 2250. The van der Waals surface area contributed by atoms with E-state index in [1.165, 1.54) is 15.8 Å². The van der Waals surface area contributed by atoms with Crippen LogP contribution in [0.25, 0.3) is 5.00 Å². The molecule has 2 atom stereocenters. The van der Waals surface area contributed by atoms with Crippen LogP contribution in [0.15, 0.2) is 41.4 Å². The van der Waals surface area contributed by atoms with Gasteiger partial charge >= 0.3 is 0 Å². The number of nitrogens with one attached hydrogen (secondary N) is 2. The zero-order valence-corrected chi connectivity index (χ0v) is 32.4. The van der Waals surface area contributed by atoms with Crippen molar-refractivity contribution in [3.8, 4) is 5.00 Å². The fourth-order valence-corrected chi connectivity index (χ4v) is 9.25. The smallest absolute Gasteiger partial charge is 0.255 e. The molecule has 13 nitrogen and oxygen atoms in total.